The van der Waals surface area contributed by atoms with Crippen LogP contribution < -0.4 is 0 Å². The molecule has 2 aromatic rings. The van der Waals surface area contributed by atoms with E-state index in [9.17, 15) is 4.39 Å². The molecule has 0 aliphatic carbocycles. The molecule has 0 fully saturated rings. The molecule has 0 aliphatic rings. The highest BCUT2D eigenvalue weighted by Gasteiger charge is 2.07. The maximum Gasteiger partial charge on any atom is 0.123 e. The van der Waals surface area contributed by atoms with Crippen molar-refractivity contribution >= 4 is 0 Å². The number of nitrogens with zero attached hydrogens (tertiary/aromatic N) is 1. The second-order valence-electron chi connectivity index (χ2n) is 5.96. The first-order valence-electron chi connectivity index (χ1n) is 7.20. The summed E-state index contributed by atoms with van der Waals surface area (Å²) in [6, 6.07) is 9.46. The highest BCUT2D eigenvalue weighted by atomic mass is 19.1. The van der Waals surface area contributed by atoms with Crippen molar-refractivity contribution in [3.05, 3.63) is 64.7 Å². The van der Waals surface area contributed by atoms with Gasteiger partial charge in [0.15, 0.2) is 0 Å². The van der Waals surface area contributed by atoms with E-state index in [-0.39, 0.29) is 5.82 Å². The third-order valence-electron chi connectivity index (χ3n) is 3.54. The Balaban J connectivity index is 2.27. The molecule has 0 radical (unpaired) electrons. The van der Waals surface area contributed by atoms with Crippen LogP contribution in [0.2, 0.25) is 0 Å². The van der Waals surface area contributed by atoms with Crippen LogP contribution in [0.25, 0.3) is 0 Å². The van der Waals surface area contributed by atoms with Crippen molar-refractivity contribution < 1.29 is 4.39 Å². The first-order chi connectivity index (χ1) is 9.45. The Morgan fingerprint density at radius 3 is 2.30 bits per heavy atom. The van der Waals surface area contributed by atoms with Gasteiger partial charge in [0.05, 0.1) is 0 Å². The Hall–Kier alpha value is -1.70. The molecular weight excluding hydrogens is 249 g/mol. The van der Waals surface area contributed by atoms with Gasteiger partial charge in [-0.15, -0.1) is 0 Å². The zero-order valence-electron chi connectivity index (χ0n) is 12.7. The molecule has 0 saturated carbocycles. The number of aromatic nitrogens is 1. The minimum atomic E-state index is -0.161. The normalized spacial score (nSPS) is 11.3. The van der Waals surface area contributed by atoms with Crippen LogP contribution in [-0.2, 0) is 6.42 Å². The number of halogens is 1. The van der Waals surface area contributed by atoms with Gasteiger partial charge in [0, 0.05) is 18.3 Å². The topological polar surface area (TPSA) is 12.9 Å². The maximum absolute atomic E-state index is 13.7. The monoisotopic (exact) mass is 271 g/mol. The van der Waals surface area contributed by atoms with Gasteiger partial charge in [0.2, 0.25) is 0 Å². The molecule has 0 saturated heterocycles. The van der Waals surface area contributed by atoms with Gasteiger partial charge in [-0.1, -0.05) is 33.8 Å². The van der Waals surface area contributed by atoms with Crippen LogP contribution in [0.15, 0.2) is 36.5 Å². The summed E-state index contributed by atoms with van der Waals surface area (Å²) < 4.78 is 13.7. The lowest BCUT2D eigenvalue weighted by Crippen LogP contribution is -1.98. The highest BCUT2D eigenvalue weighted by molar-refractivity contribution is 5.31. The smallest absolute Gasteiger partial charge is 0.123 e. The molecule has 1 heterocycles. The van der Waals surface area contributed by atoms with E-state index in [0.717, 1.165) is 16.8 Å². The quantitative estimate of drug-likeness (QED) is 0.757. The van der Waals surface area contributed by atoms with Crippen molar-refractivity contribution in [2.45, 2.75) is 46.0 Å². The SMILES string of the molecule is CC(C)c1cc(F)cc(Cc2cc(C(C)C)ccn2)c1. The molecule has 106 valence electrons. The molecule has 0 aliphatic heterocycles. The van der Waals surface area contributed by atoms with Gasteiger partial charge in [-0.3, -0.25) is 4.98 Å². The maximum atomic E-state index is 13.7. The van der Waals surface area contributed by atoms with Crippen LogP contribution in [0, 0.1) is 5.82 Å². The van der Waals surface area contributed by atoms with Crippen LogP contribution in [0.4, 0.5) is 4.39 Å². The molecule has 0 atom stereocenters. The van der Waals surface area contributed by atoms with Crippen LogP contribution in [0.5, 0.6) is 0 Å². The largest absolute Gasteiger partial charge is 0.261 e. The highest BCUT2D eigenvalue weighted by Crippen LogP contribution is 2.21. The summed E-state index contributed by atoms with van der Waals surface area (Å²) in [7, 11) is 0. The van der Waals surface area contributed by atoms with Crippen molar-refractivity contribution in [2.75, 3.05) is 0 Å². The van der Waals surface area contributed by atoms with E-state index in [2.05, 4.69) is 44.8 Å². The van der Waals surface area contributed by atoms with Crippen molar-refractivity contribution in [2.24, 2.45) is 0 Å². The molecule has 0 bridgehead atoms. The lowest BCUT2D eigenvalue weighted by atomic mass is 9.97. The predicted octanol–water partition coefficient (Wildman–Crippen LogP) is 5.06. The number of hydrogen-bond donors (Lipinski definition) is 0. The fourth-order valence-corrected chi connectivity index (χ4v) is 2.27. The first-order valence-corrected chi connectivity index (χ1v) is 7.20. The molecule has 20 heavy (non-hydrogen) atoms. The average molecular weight is 271 g/mol. The van der Waals surface area contributed by atoms with Gasteiger partial charge in [-0.25, -0.2) is 4.39 Å². The third kappa shape index (κ3) is 3.66. The van der Waals surface area contributed by atoms with E-state index < -0.39 is 0 Å². The molecule has 0 N–H and O–H groups in total. The second kappa shape index (κ2) is 6.17. The standard InChI is InChI=1S/C18H22FN/c1-12(2)15-5-6-20-18(11-15)9-14-7-16(13(3)4)10-17(19)8-14/h5-8,10-13H,9H2,1-4H3. The van der Waals surface area contributed by atoms with E-state index in [1.54, 1.807) is 12.1 Å². The Morgan fingerprint density at radius 1 is 0.950 bits per heavy atom. The number of hydrogen-bond acceptors (Lipinski definition) is 1. The third-order valence-corrected chi connectivity index (χ3v) is 3.54. The summed E-state index contributed by atoms with van der Waals surface area (Å²) in [4.78, 5) is 4.40. The minimum absolute atomic E-state index is 0.161. The summed E-state index contributed by atoms with van der Waals surface area (Å²) in [5.74, 6) is 0.654. The molecule has 1 aromatic heterocycles. The number of pyridine rings is 1. The first kappa shape index (κ1) is 14.7. The molecular formula is C18H22FN. The molecule has 0 amide bonds. The summed E-state index contributed by atoms with van der Waals surface area (Å²) in [5, 5.41) is 0. The molecule has 2 heteroatoms. The van der Waals surface area contributed by atoms with Crippen LogP contribution in [-0.4, -0.2) is 4.98 Å². The fourth-order valence-electron chi connectivity index (χ4n) is 2.27. The second-order valence-corrected chi connectivity index (χ2v) is 5.96. The predicted molar refractivity (Wildman–Crippen MR) is 81.6 cm³/mol. The summed E-state index contributed by atoms with van der Waals surface area (Å²) >= 11 is 0. The minimum Gasteiger partial charge on any atom is -0.261 e. The van der Waals surface area contributed by atoms with Gasteiger partial charge in [-0.2, -0.15) is 0 Å². The Kier molecular flexibility index (Phi) is 4.53. The summed E-state index contributed by atoms with van der Waals surface area (Å²) in [6.07, 6.45) is 2.52. The van der Waals surface area contributed by atoms with Crippen LogP contribution in [0.3, 0.4) is 0 Å². The number of rotatable bonds is 4. The van der Waals surface area contributed by atoms with Crippen molar-refractivity contribution in [1.82, 2.24) is 4.98 Å². The zero-order valence-corrected chi connectivity index (χ0v) is 12.7. The molecule has 1 nitrogen and oxygen atoms in total. The molecule has 0 spiro atoms. The summed E-state index contributed by atoms with van der Waals surface area (Å²) in [5.41, 5.74) is 4.30. The lowest BCUT2D eigenvalue weighted by Gasteiger charge is -2.10. The van der Waals surface area contributed by atoms with E-state index in [4.69, 9.17) is 0 Å². The molecule has 1 aromatic carbocycles. The lowest BCUT2D eigenvalue weighted by molar-refractivity contribution is 0.621. The summed E-state index contributed by atoms with van der Waals surface area (Å²) in [6.45, 7) is 8.49. The van der Waals surface area contributed by atoms with Gasteiger partial charge in [0.1, 0.15) is 5.82 Å². The Labute approximate surface area is 120 Å². The van der Waals surface area contributed by atoms with Gasteiger partial charge in [0.25, 0.3) is 0 Å². The van der Waals surface area contributed by atoms with Crippen molar-refractivity contribution in [3.8, 4) is 0 Å². The van der Waals surface area contributed by atoms with Crippen molar-refractivity contribution in [3.63, 3.8) is 0 Å². The molecule has 2 rings (SSSR count). The van der Waals surface area contributed by atoms with E-state index in [1.165, 1.54) is 5.56 Å². The molecule has 0 unspecified atom stereocenters. The van der Waals surface area contributed by atoms with E-state index >= 15 is 0 Å². The zero-order chi connectivity index (χ0) is 14.7. The fraction of sp³-hybridized carbons (Fsp3) is 0.389. The van der Waals surface area contributed by atoms with Gasteiger partial charge in [-0.05, 0) is 52.8 Å². The Morgan fingerprint density at radius 2 is 1.65 bits per heavy atom. The van der Waals surface area contributed by atoms with Crippen molar-refractivity contribution in [1.29, 1.82) is 0 Å². The number of benzene rings is 1. The van der Waals surface area contributed by atoms with E-state index in [0.29, 0.717) is 18.3 Å². The van der Waals surface area contributed by atoms with Gasteiger partial charge >= 0.3 is 0 Å². The Bertz CT molecular complexity index is 588. The van der Waals surface area contributed by atoms with E-state index in [1.807, 2.05) is 12.3 Å². The van der Waals surface area contributed by atoms with Crippen LogP contribution in [0.1, 0.15) is 61.9 Å². The van der Waals surface area contributed by atoms with Crippen LogP contribution >= 0.6 is 0 Å². The average Bonchev–Trinajstić information content (AvgIpc) is 2.38. The van der Waals surface area contributed by atoms with Gasteiger partial charge < -0.3 is 0 Å².